The highest BCUT2D eigenvalue weighted by Gasteiger charge is 2.12. The summed E-state index contributed by atoms with van der Waals surface area (Å²) in [6.45, 7) is 7.39. The van der Waals surface area contributed by atoms with Crippen molar-refractivity contribution in [3.63, 3.8) is 0 Å². The second-order valence-corrected chi connectivity index (χ2v) is 4.81. The Morgan fingerprint density at radius 3 is 2.96 bits per heavy atom. The highest BCUT2D eigenvalue weighted by Crippen LogP contribution is 2.08. The maximum Gasteiger partial charge on any atom is 0.354 e. The number of carboxylic acid groups (broad SMARTS) is 1. The molecule has 1 N–H and O–H groups in total. The molecule has 1 aromatic heterocycles. The van der Waals surface area contributed by atoms with E-state index in [1.807, 2.05) is 13.0 Å². The molecule has 1 atom stereocenters. The SMILES string of the molecule is C=CN(C)/N=C\[C@H](C)OC(=N/C=C/CC)c1ccnc(C(=O)O)c1. The molecule has 0 bridgehead atoms. The van der Waals surface area contributed by atoms with Crippen molar-refractivity contribution in [3.8, 4) is 0 Å². The zero-order chi connectivity index (χ0) is 17.9. The molecular formula is C17H22N4O3. The van der Waals surface area contributed by atoms with Gasteiger partial charge in [0.1, 0.15) is 11.8 Å². The van der Waals surface area contributed by atoms with Gasteiger partial charge >= 0.3 is 5.97 Å². The van der Waals surface area contributed by atoms with Gasteiger partial charge in [-0.05, 0) is 25.5 Å². The number of aliphatic imine (C=N–C) groups is 1. The van der Waals surface area contributed by atoms with Crippen LogP contribution in [0.4, 0.5) is 0 Å². The van der Waals surface area contributed by atoms with Crippen LogP contribution in [-0.2, 0) is 4.74 Å². The highest BCUT2D eigenvalue weighted by molar-refractivity contribution is 5.97. The largest absolute Gasteiger partial charge is 0.477 e. The van der Waals surface area contributed by atoms with Crippen molar-refractivity contribution in [2.24, 2.45) is 10.1 Å². The molecule has 0 fully saturated rings. The van der Waals surface area contributed by atoms with Crippen LogP contribution < -0.4 is 0 Å². The normalized spacial score (nSPS) is 13.2. The molecule has 1 heterocycles. The third kappa shape index (κ3) is 6.43. The molecule has 24 heavy (non-hydrogen) atoms. The molecule has 0 amide bonds. The Morgan fingerprint density at radius 2 is 2.33 bits per heavy atom. The fourth-order valence-electron chi connectivity index (χ4n) is 1.53. The smallest absolute Gasteiger partial charge is 0.354 e. The molecule has 0 aliphatic carbocycles. The van der Waals surface area contributed by atoms with Gasteiger partial charge in [-0.2, -0.15) is 5.10 Å². The van der Waals surface area contributed by atoms with Crippen LogP contribution >= 0.6 is 0 Å². The fraction of sp³-hybridized carbons (Fsp3) is 0.294. The predicted octanol–water partition coefficient (Wildman–Crippen LogP) is 2.92. The summed E-state index contributed by atoms with van der Waals surface area (Å²) in [4.78, 5) is 19.1. The first-order valence-corrected chi connectivity index (χ1v) is 7.46. The van der Waals surface area contributed by atoms with Gasteiger partial charge in [0.15, 0.2) is 0 Å². The number of rotatable bonds is 8. The van der Waals surface area contributed by atoms with E-state index in [2.05, 4.69) is 21.7 Å². The Labute approximate surface area is 141 Å². The number of hydrogen-bond donors (Lipinski definition) is 1. The van der Waals surface area contributed by atoms with Crippen molar-refractivity contribution in [2.45, 2.75) is 26.4 Å². The van der Waals surface area contributed by atoms with Gasteiger partial charge in [0.25, 0.3) is 0 Å². The summed E-state index contributed by atoms with van der Waals surface area (Å²) in [6, 6.07) is 3.06. The number of carboxylic acids is 1. The van der Waals surface area contributed by atoms with Crippen LogP contribution in [0.3, 0.4) is 0 Å². The van der Waals surface area contributed by atoms with E-state index in [-0.39, 0.29) is 11.8 Å². The Bertz CT molecular complexity index is 653. The monoisotopic (exact) mass is 330 g/mol. The minimum Gasteiger partial charge on any atom is -0.477 e. The first-order chi connectivity index (χ1) is 11.5. The Hall–Kier alpha value is -2.96. The predicted molar refractivity (Wildman–Crippen MR) is 94.2 cm³/mol. The Morgan fingerprint density at radius 1 is 1.58 bits per heavy atom. The molecule has 0 spiro atoms. The maximum atomic E-state index is 11.1. The van der Waals surface area contributed by atoms with Crippen LogP contribution in [0.5, 0.6) is 0 Å². The van der Waals surface area contributed by atoms with E-state index in [4.69, 9.17) is 9.84 Å². The molecule has 0 unspecified atom stereocenters. The quantitative estimate of drug-likeness (QED) is 0.450. The summed E-state index contributed by atoms with van der Waals surface area (Å²) in [5.74, 6) is -0.813. The van der Waals surface area contributed by atoms with E-state index in [0.29, 0.717) is 11.5 Å². The molecule has 1 aromatic rings. The summed E-state index contributed by atoms with van der Waals surface area (Å²) in [7, 11) is 1.75. The average molecular weight is 330 g/mol. The molecule has 1 rings (SSSR count). The number of nitrogens with zero attached hydrogens (tertiary/aromatic N) is 4. The number of aromatic carboxylic acids is 1. The van der Waals surface area contributed by atoms with E-state index in [1.54, 1.807) is 43.7 Å². The Kier molecular flexibility index (Phi) is 7.90. The van der Waals surface area contributed by atoms with Gasteiger partial charge in [0.05, 0.1) is 6.21 Å². The first-order valence-electron chi connectivity index (χ1n) is 7.46. The average Bonchev–Trinajstić information content (AvgIpc) is 2.59. The van der Waals surface area contributed by atoms with Crippen LogP contribution in [0.1, 0.15) is 36.3 Å². The lowest BCUT2D eigenvalue weighted by Crippen LogP contribution is -2.19. The van der Waals surface area contributed by atoms with E-state index >= 15 is 0 Å². The minimum atomic E-state index is -1.11. The van der Waals surface area contributed by atoms with E-state index in [0.717, 1.165) is 6.42 Å². The molecule has 0 saturated carbocycles. The van der Waals surface area contributed by atoms with Crippen molar-refractivity contribution >= 4 is 18.1 Å². The topological polar surface area (TPSA) is 87.4 Å². The molecule has 128 valence electrons. The molecule has 0 saturated heterocycles. The maximum absolute atomic E-state index is 11.1. The van der Waals surface area contributed by atoms with Crippen molar-refractivity contribution in [2.75, 3.05) is 7.05 Å². The number of pyridine rings is 1. The lowest BCUT2D eigenvalue weighted by atomic mass is 10.2. The second kappa shape index (κ2) is 9.94. The van der Waals surface area contributed by atoms with Gasteiger partial charge in [-0.25, -0.2) is 14.8 Å². The van der Waals surface area contributed by atoms with Gasteiger partial charge in [0.2, 0.25) is 5.90 Å². The van der Waals surface area contributed by atoms with Gasteiger partial charge in [-0.15, -0.1) is 0 Å². The summed E-state index contributed by atoms with van der Waals surface area (Å²) in [5.41, 5.74) is 0.455. The van der Waals surface area contributed by atoms with E-state index in [9.17, 15) is 4.79 Å². The molecule has 0 radical (unpaired) electrons. The first kappa shape index (κ1) is 19.1. The van der Waals surface area contributed by atoms with Gasteiger partial charge in [-0.3, -0.25) is 5.01 Å². The minimum absolute atomic E-state index is 0.0732. The summed E-state index contributed by atoms with van der Waals surface area (Å²) in [6.07, 6.45) is 8.51. The summed E-state index contributed by atoms with van der Waals surface area (Å²) < 4.78 is 5.78. The number of ether oxygens (including phenoxy) is 1. The molecule has 7 nitrogen and oxygen atoms in total. The zero-order valence-electron chi connectivity index (χ0n) is 14.1. The van der Waals surface area contributed by atoms with Gasteiger partial charge in [-0.1, -0.05) is 19.6 Å². The highest BCUT2D eigenvalue weighted by atomic mass is 16.5. The second-order valence-electron chi connectivity index (χ2n) is 4.81. The third-order valence-corrected chi connectivity index (χ3v) is 2.78. The van der Waals surface area contributed by atoms with Gasteiger partial charge < -0.3 is 9.84 Å². The molecule has 0 aromatic carbocycles. The third-order valence-electron chi connectivity index (χ3n) is 2.78. The molecule has 0 aliphatic rings. The molecule has 7 heteroatoms. The van der Waals surface area contributed by atoms with Crippen molar-refractivity contribution < 1.29 is 14.6 Å². The van der Waals surface area contributed by atoms with Crippen LogP contribution in [0, 0.1) is 0 Å². The number of hydrazone groups is 1. The van der Waals surface area contributed by atoms with Crippen LogP contribution in [-0.4, -0.2) is 46.3 Å². The van der Waals surface area contributed by atoms with Gasteiger partial charge in [0, 0.05) is 31.2 Å². The molecular weight excluding hydrogens is 308 g/mol. The summed E-state index contributed by atoms with van der Waals surface area (Å²) in [5, 5.41) is 14.7. The number of carbonyl (C=O) groups is 1. The van der Waals surface area contributed by atoms with Crippen molar-refractivity contribution in [3.05, 3.63) is 54.6 Å². The van der Waals surface area contributed by atoms with Crippen LogP contribution in [0.2, 0.25) is 0 Å². The van der Waals surface area contributed by atoms with Crippen LogP contribution in [0.15, 0.2) is 53.5 Å². The summed E-state index contributed by atoms with van der Waals surface area (Å²) >= 11 is 0. The lowest BCUT2D eigenvalue weighted by Gasteiger charge is -2.14. The standard InChI is InChI=1S/C17H22N4O3/c1-5-7-9-19-16(24-13(3)12-20-21(4)6-2)14-8-10-18-15(11-14)17(22)23/h6-13H,2,5H2,1,3-4H3,(H,22,23)/b9-7+,19-16?,20-12-/t13-/m0/s1. The number of allylic oxidation sites excluding steroid dienone is 1. The zero-order valence-corrected chi connectivity index (χ0v) is 14.1. The van der Waals surface area contributed by atoms with Crippen LogP contribution in [0.25, 0.3) is 0 Å². The lowest BCUT2D eigenvalue weighted by molar-refractivity contribution is 0.0690. The van der Waals surface area contributed by atoms with Crippen molar-refractivity contribution in [1.29, 1.82) is 0 Å². The fourth-order valence-corrected chi connectivity index (χ4v) is 1.53. The molecule has 0 aliphatic heterocycles. The van der Waals surface area contributed by atoms with Crippen molar-refractivity contribution in [1.82, 2.24) is 9.99 Å². The Balaban J connectivity index is 3.04. The van der Waals surface area contributed by atoms with E-state index < -0.39 is 5.97 Å². The van der Waals surface area contributed by atoms with E-state index in [1.165, 1.54) is 12.3 Å². The number of aromatic nitrogens is 1. The number of hydrogen-bond acceptors (Lipinski definition) is 6.